The van der Waals surface area contributed by atoms with E-state index < -0.39 is 0 Å². The molecule has 108 valence electrons. The zero-order chi connectivity index (χ0) is 14.4. The first-order chi connectivity index (χ1) is 9.78. The van der Waals surface area contributed by atoms with Crippen LogP contribution in [0, 0.1) is 0 Å². The van der Waals surface area contributed by atoms with Crippen molar-refractivity contribution in [2.24, 2.45) is 0 Å². The lowest BCUT2D eigenvalue weighted by Gasteiger charge is -2.11. The Labute approximate surface area is 122 Å². The number of nitrogens with zero attached hydrogens (tertiary/aromatic N) is 4. The minimum absolute atomic E-state index is 0.480. The number of pyridine rings is 1. The summed E-state index contributed by atoms with van der Waals surface area (Å²) in [5.41, 5.74) is 1.67. The smallest absolute Gasteiger partial charge is 0.184 e. The normalized spacial score (nSPS) is 10.6. The Bertz CT molecular complexity index is 559. The zero-order valence-electron chi connectivity index (χ0n) is 11.5. The van der Waals surface area contributed by atoms with E-state index in [2.05, 4.69) is 15.3 Å². The van der Waals surface area contributed by atoms with Gasteiger partial charge in [0.05, 0.1) is 26.5 Å². The second-order valence-corrected chi connectivity index (χ2v) is 4.57. The van der Waals surface area contributed by atoms with Crippen LogP contribution in [0.3, 0.4) is 0 Å². The molecule has 6 nitrogen and oxygen atoms in total. The SMILES string of the molecule is COc1ccnc(Cn2cc(CCCCl)nn2)c1OC. The van der Waals surface area contributed by atoms with Crippen LogP contribution in [-0.2, 0) is 13.0 Å². The molecule has 0 atom stereocenters. The molecule has 0 aliphatic carbocycles. The number of aromatic nitrogens is 4. The summed E-state index contributed by atoms with van der Waals surface area (Å²) < 4.78 is 12.3. The van der Waals surface area contributed by atoms with Gasteiger partial charge < -0.3 is 9.47 Å². The third kappa shape index (κ3) is 3.39. The predicted molar refractivity (Wildman–Crippen MR) is 75.5 cm³/mol. The number of hydrogen-bond acceptors (Lipinski definition) is 5. The third-order valence-electron chi connectivity index (χ3n) is 2.83. The maximum absolute atomic E-state index is 5.67. The summed E-state index contributed by atoms with van der Waals surface area (Å²) >= 11 is 5.67. The number of alkyl halides is 1. The molecule has 0 spiro atoms. The lowest BCUT2D eigenvalue weighted by molar-refractivity contribution is 0.348. The van der Waals surface area contributed by atoms with Crippen molar-refractivity contribution in [1.82, 2.24) is 20.0 Å². The Hall–Kier alpha value is -1.82. The summed E-state index contributed by atoms with van der Waals surface area (Å²) in [5.74, 6) is 1.89. The van der Waals surface area contributed by atoms with Crippen molar-refractivity contribution < 1.29 is 9.47 Å². The van der Waals surface area contributed by atoms with Gasteiger partial charge in [-0.3, -0.25) is 4.98 Å². The molecule has 0 unspecified atom stereocenters. The molecule has 0 aliphatic rings. The van der Waals surface area contributed by atoms with Crippen LogP contribution in [0.2, 0.25) is 0 Å². The average Bonchev–Trinajstić information content (AvgIpc) is 2.92. The highest BCUT2D eigenvalue weighted by atomic mass is 35.5. The maximum Gasteiger partial charge on any atom is 0.184 e. The third-order valence-corrected chi connectivity index (χ3v) is 3.10. The molecule has 0 saturated heterocycles. The van der Waals surface area contributed by atoms with Gasteiger partial charge >= 0.3 is 0 Å². The van der Waals surface area contributed by atoms with Gasteiger partial charge in [0.15, 0.2) is 11.5 Å². The van der Waals surface area contributed by atoms with E-state index in [0.717, 1.165) is 24.2 Å². The Kier molecular flexibility index (Phi) is 5.17. The summed E-state index contributed by atoms with van der Waals surface area (Å²) in [6, 6.07) is 1.76. The zero-order valence-corrected chi connectivity index (χ0v) is 12.3. The van der Waals surface area contributed by atoms with Gasteiger partial charge in [-0.2, -0.15) is 0 Å². The topological polar surface area (TPSA) is 62.1 Å². The molecular weight excluding hydrogens is 280 g/mol. The van der Waals surface area contributed by atoms with Crippen molar-refractivity contribution in [3.05, 3.63) is 29.8 Å². The van der Waals surface area contributed by atoms with Gasteiger partial charge in [0, 0.05) is 24.3 Å². The minimum Gasteiger partial charge on any atom is -0.493 e. The van der Waals surface area contributed by atoms with Gasteiger partial charge in [0.1, 0.15) is 5.69 Å². The van der Waals surface area contributed by atoms with Crippen molar-refractivity contribution in [2.75, 3.05) is 20.1 Å². The molecule has 0 radical (unpaired) electrons. The van der Waals surface area contributed by atoms with E-state index in [0.29, 0.717) is 23.9 Å². The number of hydrogen-bond donors (Lipinski definition) is 0. The number of ether oxygens (including phenoxy) is 2. The lowest BCUT2D eigenvalue weighted by atomic mass is 10.3. The molecule has 2 aromatic rings. The second-order valence-electron chi connectivity index (χ2n) is 4.19. The molecule has 0 fully saturated rings. The molecule has 0 saturated carbocycles. The largest absolute Gasteiger partial charge is 0.493 e. The van der Waals surface area contributed by atoms with Crippen molar-refractivity contribution in [3.63, 3.8) is 0 Å². The summed E-state index contributed by atoms with van der Waals surface area (Å²) in [6.07, 6.45) is 5.29. The summed E-state index contributed by atoms with van der Waals surface area (Å²) in [7, 11) is 3.19. The van der Waals surface area contributed by atoms with Gasteiger partial charge in [0.25, 0.3) is 0 Å². The van der Waals surface area contributed by atoms with Crippen molar-refractivity contribution >= 4 is 11.6 Å². The maximum atomic E-state index is 5.67. The first-order valence-electron chi connectivity index (χ1n) is 6.29. The van der Waals surface area contributed by atoms with Crippen molar-refractivity contribution in [1.29, 1.82) is 0 Å². The molecule has 0 aromatic carbocycles. The summed E-state index contributed by atoms with van der Waals surface area (Å²) in [4.78, 5) is 4.31. The highest BCUT2D eigenvalue weighted by Crippen LogP contribution is 2.29. The number of halogens is 1. The molecule has 0 aliphatic heterocycles. The molecule has 2 heterocycles. The monoisotopic (exact) mass is 296 g/mol. The molecule has 2 aromatic heterocycles. The van der Waals surface area contributed by atoms with E-state index in [4.69, 9.17) is 21.1 Å². The van der Waals surface area contributed by atoms with Gasteiger partial charge in [-0.25, -0.2) is 4.68 Å². The molecule has 0 N–H and O–H groups in total. The Balaban J connectivity index is 2.15. The van der Waals surface area contributed by atoms with Crippen LogP contribution >= 0.6 is 11.6 Å². The lowest BCUT2D eigenvalue weighted by Crippen LogP contribution is -2.05. The van der Waals surface area contributed by atoms with Crippen LogP contribution in [0.15, 0.2) is 18.5 Å². The highest BCUT2D eigenvalue weighted by molar-refractivity contribution is 6.17. The Morgan fingerprint density at radius 2 is 2.15 bits per heavy atom. The van der Waals surface area contributed by atoms with Crippen molar-refractivity contribution in [2.45, 2.75) is 19.4 Å². The van der Waals surface area contributed by atoms with Crippen LogP contribution in [0.5, 0.6) is 11.5 Å². The standard InChI is InChI=1S/C13H17ClN4O2/c1-19-12-5-7-15-11(13(12)20-2)9-18-8-10(16-17-18)4-3-6-14/h5,7-8H,3-4,6,9H2,1-2H3. The van der Waals surface area contributed by atoms with E-state index in [1.165, 1.54) is 0 Å². The van der Waals surface area contributed by atoms with Crippen LogP contribution in [0.1, 0.15) is 17.8 Å². The van der Waals surface area contributed by atoms with E-state index in [-0.39, 0.29) is 0 Å². The van der Waals surface area contributed by atoms with Crippen molar-refractivity contribution in [3.8, 4) is 11.5 Å². The van der Waals surface area contributed by atoms with Gasteiger partial charge in [-0.1, -0.05) is 5.21 Å². The molecule has 0 amide bonds. The number of methoxy groups -OCH3 is 2. The van der Waals surface area contributed by atoms with Gasteiger partial charge in [0.2, 0.25) is 0 Å². The fraction of sp³-hybridized carbons (Fsp3) is 0.462. The second kappa shape index (κ2) is 7.09. The van der Waals surface area contributed by atoms with Crippen LogP contribution < -0.4 is 9.47 Å². The minimum atomic E-state index is 0.480. The van der Waals surface area contributed by atoms with Crippen LogP contribution in [0.4, 0.5) is 0 Å². The molecule has 20 heavy (non-hydrogen) atoms. The molecular formula is C13H17ClN4O2. The molecule has 0 bridgehead atoms. The van der Waals surface area contributed by atoms with Gasteiger partial charge in [-0.05, 0) is 12.8 Å². The molecule has 7 heteroatoms. The summed E-state index contributed by atoms with van der Waals surface area (Å²) in [5, 5.41) is 8.18. The predicted octanol–water partition coefficient (Wildman–Crippen LogP) is 1.91. The quantitative estimate of drug-likeness (QED) is 0.730. The molecule has 2 rings (SSSR count). The van der Waals surface area contributed by atoms with Gasteiger partial charge in [-0.15, -0.1) is 16.7 Å². The summed E-state index contributed by atoms with van der Waals surface area (Å²) in [6.45, 7) is 0.480. The first-order valence-corrected chi connectivity index (χ1v) is 6.82. The fourth-order valence-corrected chi connectivity index (χ4v) is 2.03. The highest BCUT2D eigenvalue weighted by Gasteiger charge is 2.12. The number of aryl methyl sites for hydroxylation is 1. The van der Waals surface area contributed by atoms with Crippen LogP contribution in [-0.4, -0.2) is 40.1 Å². The average molecular weight is 297 g/mol. The fourth-order valence-electron chi connectivity index (χ4n) is 1.89. The van der Waals surface area contributed by atoms with Crippen LogP contribution in [0.25, 0.3) is 0 Å². The van der Waals surface area contributed by atoms with E-state index >= 15 is 0 Å². The van der Waals surface area contributed by atoms with E-state index in [1.807, 2.05) is 6.20 Å². The Morgan fingerprint density at radius 3 is 2.85 bits per heavy atom. The van der Waals surface area contributed by atoms with E-state index in [9.17, 15) is 0 Å². The Morgan fingerprint density at radius 1 is 1.30 bits per heavy atom. The first kappa shape index (κ1) is 14.6. The number of rotatable bonds is 7. The van der Waals surface area contributed by atoms with E-state index in [1.54, 1.807) is 31.2 Å².